The van der Waals surface area contributed by atoms with E-state index < -0.39 is 11.8 Å². The Morgan fingerprint density at radius 2 is 1.87 bits per heavy atom. The van der Waals surface area contributed by atoms with Gasteiger partial charge in [-0.2, -0.15) is 4.98 Å². The Bertz CT molecular complexity index is 1640. The molecule has 4 aliphatic heterocycles. The van der Waals surface area contributed by atoms with Crippen LogP contribution in [-0.2, 0) is 20.8 Å². The van der Waals surface area contributed by atoms with Gasteiger partial charge in [0.25, 0.3) is 11.8 Å². The summed E-state index contributed by atoms with van der Waals surface area (Å²) < 4.78 is 1.62. The normalized spacial score (nSPS) is 20.6. The van der Waals surface area contributed by atoms with Crippen LogP contribution in [0.2, 0.25) is 0 Å². The van der Waals surface area contributed by atoms with Gasteiger partial charge >= 0.3 is 0 Å². The van der Waals surface area contributed by atoms with Crippen molar-refractivity contribution < 1.29 is 14.4 Å². The van der Waals surface area contributed by atoms with E-state index in [2.05, 4.69) is 20.3 Å². The predicted molar refractivity (Wildman–Crippen MR) is 140 cm³/mol. The number of hydrogen-bond acceptors (Lipinski definition) is 8. The van der Waals surface area contributed by atoms with Crippen molar-refractivity contribution in [1.29, 1.82) is 0 Å². The Morgan fingerprint density at radius 1 is 1.05 bits per heavy atom. The number of aromatic nitrogens is 3. The minimum Gasteiger partial charge on any atom is -0.384 e. The molecule has 11 nitrogen and oxygen atoms in total. The molecule has 0 aliphatic carbocycles. The first kappa shape index (κ1) is 22.4. The zero-order valence-corrected chi connectivity index (χ0v) is 20.4. The standard InChI is InChI=1S/C27H24N8O3/c28-19-7-11-35-18(14-30-27(35)31-19)20-21(25(37)32-24(20)36)22-16-6-4-5-15-13-17(34(23(15)16)12-8-29-22)26(38)33-9-2-1-3-10-33/h4-8,11-12,14,17H,1-3,9-10,13H2,(H2,28,30,31)(H,32,36,37). The van der Waals surface area contributed by atoms with Crippen LogP contribution in [0.15, 0.2) is 59.6 Å². The number of benzene rings is 1. The molecule has 3 N–H and O–H groups in total. The summed E-state index contributed by atoms with van der Waals surface area (Å²) in [7, 11) is 0. The second-order valence-electron chi connectivity index (χ2n) is 9.80. The Morgan fingerprint density at radius 3 is 2.71 bits per heavy atom. The van der Waals surface area contributed by atoms with Gasteiger partial charge in [-0.25, -0.2) is 4.98 Å². The van der Waals surface area contributed by atoms with Crippen LogP contribution in [0.5, 0.6) is 0 Å². The van der Waals surface area contributed by atoms with Crippen molar-refractivity contribution in [1.82, 2.24) is 24.6 Å². The van der Waals surface area contributed by atoms with E-state index in [9.17, 15) is 14.4 Å². The largest absolute Gasteiger partial charge is 0.384 e. The monoisotopic (exact) mass is 508 g/mol. The summed E-state index contributed by atoms with van der Waals surface area (Å²) in [6, 6.07) is 7.00. The fourth-order valence-corrected chi connectivity index (χ4v) is 5.87. The van der Waals surface area contributed by atoms with Gasteiger partial charge in [0, 0.05) is 43.7 Å². The third-order valence-electron chi connectivity index (χ3n) is 7.59. The third-order valence-corrected chi connectivity index (χ3v) is 7.59. The van der Waals surface area contributed by atoms with Crippen LogP contribution in [0.3, 0.4) is 0 Å². The number of aliphatic imine (C=N–C) groups is 1. The molecule has 6 heterocycles. The summed E-state index contributed by atoms with van der Waals surface area (Å²) in [5.74, 6) is -0.371. The number of nitrogens with two attached hydrogens (primary N) is 1. The molecule has 0 bridgehead atoms. The van der Waals surface area contributed by atoms with Gasteiger partial charge in [0.2, 0.25) is 11.7 Å². The van der Waals surface area contributed by atoms with Gasteiger partial charge < -0.3 is 15.5 Å². The van der Waals surface area contributed by atoms with Crippen molar-refractivity contribution in [2.75, 3.05) is 23.7 Å². The number of amides is 3. The Balaban J connectivity index is 1.35. The molecule has 0 saturated carbocycles. The molecule has 3 amide bonds. The highest BCUT2D eigenvalue weighted by Gasteiger charge is 2.42. The first-order valence-electron chi connectivity index (χ1n) is 12.7. The van der Waals surface area contributed by atoms with Crippen molar-refractivity contribution in [3.63, 3.8) is 0 Å². The summed E-state index contributed by atoms with van der Waals surface area (Å²) in [4.78, 5) is 56.9. The van der Waals surface area contributed by atoms with Crippen molar-refractivity contribution in [2.24, 2.45) is 4.99 Å². The van der Waals surface area contributed by atoms with Gasteiger partial charge in [-0.3, -0.25) is 29.1 Å². The van der Waals surface area contributed by atoms with E-state index in [1.807, 2.05) is 28.0 Å². The van der Waals surface area contributed by atoms with Crippen molar-refractivity contribution in [3.05, 3.63) is 71.5 Å². The molecular weight excluding hydrogens is 484 g/mol. The maximum atomic E-state index is 13.5. The number of piperidine rings is 1. The molecule has 0 spiro atoms. The number of nitrogens with one attached hydrogen (secondary N) is 1. The Kier molecular flexibility index (Phi) is 4.93. The second kappa shape index (κ2) is 8.37. The highest BCUT2D eigenvalue weighted by molar-refractivity contribution is 6.47. The van der Waals surface area contributed by atoms with Gasteiger partial charge in [-0.05, 0) is 30.9 Å². The quantitative estimate of drug-likeness (QED) is 0.511. The number of anilines is 2. The summed E-state index contributed by atoms with van der Waals surface area (Å²) in [6.07, 6.45) is 10.3. The summed E-state index contributed by atoms with van der Waals surface area (Å²) in [6.45, 7) is 1.55. The van der Waals surface area contributed by atoms with Crippen molar-refractivity contribution >= 4 is 46.3 Å². The number of para-hydroxylation sites is 1. The van der Waals surface area contributed by atoms with Gasteiger partial charge in [0.15, 0.2) is 0 Å². The number of imidazole rings is 1. The first-order chi connectivity index (χ1) is 18.5. The van der Waals surface area contributed by atoms with E-state index in [0.29, 0.717) is 35.0 Å². The SMILES string of the molecule is Nc1ccn2c(C3=C(C4=NC=CN5c6c(cccc64)CC5C(=O)N4CCCCC4)C(=O)NC3=O)cnc2n1. The van der Waals surface area contributed by atoms with E-state index in [1.165, 1.54) is 6.20 Å². The van der Waals surface area contributed by atoms with Crippen LogP contribution in [-0.4, -0.2) is 61.8 Å². The molecule has 190 valence electrons. The average Bonchev–Trinajstić information content (AvgIpc) is 3.54. The van der Waals surface area contributed by atoms with Crippen LogP contribution < -0.4 is 16.0 Å². The Hall–Kier alpha value is -4.80. The van der Waals surface area contributed by atoms with Gasteiger partial charge in [0.05, 0.1) is 34.4 Å². The topological polar surface area (TPSA) is 138 Å². The lowest BCUT2D eigenvalue weighted by atomic mass is 9.94. The van der Waals surface area contributed by atoms with Gasteiger partial charge in [-0.15, -0.1) is 0 Å². The van der Waals surface area contributed by atoms with E-state index in [1.54, 1.807) is 29.1 Å². The van der Waals surface area contributed by atoms with Crippen LogP contribution >= 0.6 is 0 Å². The van der Waals surface area contributed by atoms with Crippen molar-refractivity contribution in [2.45, 2.75) is 31.7 Å². The highest BCUT2D eigenvalue weighted by atomic mass is 16.2. The fraction of sp³-hybridized carbons (Fsp3) is 0.259. The molecule has 38 heavy (non-hydrogen) atoms. The zero-order chi connectivity index (χ0) is 26.0. The molecule has 11 heteroatoms. The molecule has 4 aliphatic rings. The van der Waals surface area contributed by atoms with Gasteiger partial charge in [-0.1, -0.05) is 18.2 Å². The second-order valence-corrected chi connectivity index (χ2v) is 9.80. The summed E-state index contributed by atoms with van der Waals surface area (Å²) >= 11 is 0. The third kappa shape index (κ3) is 3.28. The minimum atomic E-state index is -0.541. The number of likely N-dealkylation sites (tertiary alicyclic amines) is 1. The number of rotatable bonds is 3. The Labute approximate surface area is 217 Å². The number of hydrogen-bond donors (Lipinski definition) is 2. The number of carbonyl (C=O) groups excluding carboxylic acids is 3. The van der Waals surface area contributed by atoms with Crippen LogP contribution in [0.1, 0.15) is 36.1 Å². The van der Waals surface area contributed by atoms with Crippen molar-refractivity contribution in [3.8, 4) is 0 Å². The lowest BCUT2D eigenvalue weighted by Crippen LogP contribution is -2.47. The molecule has 1 fully saturated rings. The lowest BCUT2D eigenvalue weighted by molar-refractivity contribution is -0.133. The van der Waals surface area contributed by atoms with Crippen LogP contribution in [0.4, 0.5) is 11.5 Å². The number of imide groups is 1. The fourth-order valence-electron chi connectivity index (χ4n) is 5.87. The average molecular weight is 509 g/mol. The maximum Gasteiger partial charge on any atom is 0.261 e. The zero-order valence-electron chi connectivity index (χ0n) is 20.4. The number of carbonyl (C=O) groups is 3. The lowest BCUT2D eigenvalue weighted by Gasteiger charge is -2.32. The summed E-state index contributed by atoms with van der Waals surface area (Å²) in [5.41, 5.74) is 9.40. The van der Waals surface area contributed by atoms with Gasteiger partial charge in [0.1, 0.15) is 11.9 Å². The molecule has 0 radical (unpaired) electrons. The molecule has 2 aromatic heterocycles. The van der Waals surface area contributed by atoms with Crippen LogP contribution in [0, 0.1) is 0 Å². The minimum absolute atomic E-state index is 0.103. The molecule has 7 rings (SSSR count). The molecular formula is C27H24N8O3. The molecule has 1 saturated heterocycles. The maximum absolute atomic E-state index is 13.5. The number of fused-ring (bicyclic) bond motifs is 1. The summed E-state index contributed by atoms with van der Waals surface area (Å²) in [5, 5.41) is 2.42. The molecule has 3 aromatic rings. The highest BCUT2D eigenvalue weighted by Crippen LogP contribution is 2.40. The molecule has 1 aromatic carbocycles. The molecule has 1 atom stereocenters. The molecule has 1 unspecified atom stereocenters. The predicted octanol–water partition coefficient (Wildman–Crippen LogP) is 1.44. The van der Waals surface area contributed by atoms with E-state index in [-0.39, 0.29) is 23.1 Å². The first-order valence-corrected chi connectivity index (χ1v) is 12.7. The smallest absolute Gasteiger partial charge is 0.261 e. The van der Waals surface area contributed by atoms with Crippen LogP contribution in [0.25, 0.3) is 11.4 Å². The van der Waals surface area contributed by atoms with E-state index in [4.69, 9.17) is 5.73 Å². The number of nitrogens with zero attached hydrogens (tertiary/aromatic N) is 6. The van der Waals surface area contributed by atoms with E-state index >= 15 is 0 Å². The number of nitrogen functional groups attached to an aromatic ring is 1. The van der Waals surface area contributed by atoms with E-state index in [0.717, 1.165) is 43.6 Å².